The molecule has 0 fully saturated rings. The van der Waals surface area contributed by atoms with Gasteiger partial charge in [-0.2, -0.15) is 0 Å². The van der Waals surface area contributed by atoms with Gasteiger partial charge >= 0.3 is 0 Å². The van der Waals surface area contributed by atoms with Gasteiger partial charge in [0.25, 0.3) is 0 Å². The van der Waals surface area contributed by atoms with Gasteiger partial charge in [-0.05, 0) is 38.2 Å². The van der Waals surface area contributed by atoms with Gasteiger partial charge in [0, 0.05) is 12.2 Å². The highest BCUT2D eigenvalue weighted by Crippen LogP contribution is 1.95. The van der Waals surface area contributed by atoms with E-state index >= 15 is 0 Å². The van der Waals surface area contributed by atoms with E-state index < -0.39 is 0 Å². The van der Waals surface area contributed by atoms with Crippen LogP contribution >= 0.6 is 12.2 Å². The lowest BCUT2D eigenvalue weighted by Gasteiger charge is -2.13. The zero-order valence-corrected chi connectivity index (χ0v) is 10.8. The highest BCUT2D eigenvalue weighted by molar-refractivity contribution is 7.80. The molecular weight excluding hydrogens is 234 g/mol. The Bertz CT molecular complexity index is 388. The minimum atomic E-state index is 0.193. The van der Waals surface area contributed by atoms with Gasteiger partial charge in [0.05, 0.1) is 12.2 Å². The molecule has 0 amide bonds. The van der Waals surface area contributed by atoms with Gasteiger partial charge in [-0.15, -0.1) is 0 Å². The topological polar surface area (TPSA) is 75.3 Å². The molecule has 0 atom stereocenters. The largest absolute Gasteiger partial charge is 0.376 e. The maximum atomic E-state index is 5.42. The Hall–Kier alpha value is -1.69. The van der Waals surface area contributed by atoms with Crippen molar-refractivity contribution in [2.45, 2.75) is 26.4 Å². The van der Waals surface area contributed by atoms with E-state index in [0.29, 0.717) is 12.5 Å². The Kier molecular flexibility index (Phi) is 5.35. The van der Waals surface area contributed by atoms with E-state index in [1.807, 2.05) is 32.0 Å². The molecule has 0 saturated heterocycles. The number of pyridine rings is 1. The van der Waals surface area contributed by atoms with Crippen LogP contribution in [0.4, 0.5) is 0 Å². The van der Waals surface area contributed by atoms with Gasteiger partial charge < -0.3 is 16.4 Å². The first-order chi connectivity index (χ1) is 8.08. The first-order valence-electron chi connectivity index (χ1n) is 5.35. The number of thiocarbonyl (C=S) groups is 1. The third-order valence-electron chi connectivity index (χ3n) is 1.79. The van der Waals surface area contributed by atoms with Crippen LogP contribution in [-0.2, 0) is 6.54 Å². The normalized spacial score (nSPS) is 11.4. The highest BCUT2D eigenvalue weighted by atomic mass is 32.1. The molecule has 1 aromatic heterocycles. The van der Waals surface area contributed by atoms with Crippen molar-refractivity contribution in [3.63, 3.8) is 0 Å². The molecule has 6 heteroatoms. The molecule has 1 aromatic rings. The number of rotatable bonds is 3. The second kappa shape index (κ2) is 6.80. The Morgan fingerprint density at radius 1 is 1.53 bits per heavy atom. The minimum Gasteiger partial charge on any atom is -0.376 e. The van der Waals surface area contributed by atoms with Gasteiger partial charge in [0.1, 0.15) is 0 Å². The van der Waals surface area contributed by atoms with E-state index in [-0.39, 0.29) is 11.2 Å². The average Bonchev–Trinajstić information content (AvgIpc) is 2.26. The van der Waals surface area contributed by atoms with Gasteiger partial charge in [-0.1, -0.05) is 6.07 Å². The van der Waals surface area contributed by atoms with Crippen molar-refractivity contribution in [2.24, 2.45) is 10.7 Å². The molecule has 0 aliphatic rings. The molecule has 0 aliphatic carbocycles. The number of aliphatic imine (C=N–C) groups is 1. The Balaban J connectivity index is 2.65. The maximum absolute atomic E-state index is 5.42. The number of hydrogen-bond acceptors (Lipinski definition) is 3. The molecule has 0 radical (unpaired) electrons. The molecule has 5 nitrogen and oxygen atoms in total. The van der Waals surface area contributed by atoms with Crippen molar-refractivity contribution in [1.82, 2.24) is 15.6 Å². The summed E-state index contributed by atoms with van der Waals surface area (Å²) >= 11 is 4.79. The van der Waals surface area contributed by atoms with Crippen LogP contribution in [0.2, 0.25) is 0 Å². The standard InChI is InChI=1S/C11H17N5S/c1-8(2)15-11(16-10(12)17)14-7-9-5-3-4-6-13-9/h3-6,8H,7H2,1-2H3,(H4,12,14,15,16,17). The van der Waals surface area contributed by atoms with Crippen molar-refractivity contribution in [1.29, 1.82) is 0 Å². The summed E-state index contributed by atoms with van der Waals surface area (Å²) in [7, 11) is 0. The fraction of sp³-hybridized carbons (Fsp3) is 0.364. The second-order valence-electron chi connectivity index (χ2n) is 3.77. The van der Waals surface area contributed by atoms with Crippen molar-refractivity contribution < 1.29 is 0 Å². The molecule has 1 heterocycles. The van der Waals surface area contributed by atoms with Crippen molar-refractivity contribution in [3.8, 4) is 0 Å². The quantitative estimate of drug-likeness (QED) is 0.420. The molecular formula is C11H17N5S. The van der Waals surface area contributed by atoms with Gasteiger partial charge in [0.2, 0.25) is 0 Å². The fourth-order valence-electron chi connectivity index (χ4n) is 1.16. The third-order valence-corrected chi connectivity index (χ3v) is 1.89. The molecule has 1 rings (SSSR count). The number of guanidine groups is 1. The lowest BCUT2D eigenvalue weighted by Crippen LogP contribution is -2.46. The fourth-order valence-corrected chi connectivity index (χ4v) is 1.26. The zero-order valence-electron chi connectivity index (χ0n) is 9.97. The van der Waals surface area contributed by atoms with Crippen molar-refractivity contribution in [2.75, 3.05) is 0 Å². The minimum absolute atomic E-state index is 0.193. The van der Waals surface area contributed by atoms with Crippen molar-refractivity contribution in [3.05, 3.63) is 30.1 Å². The Morgan fingerprint density at radius 3 is 2.82 bits per heavy atom. The SMILES string of the molecule is CC(C)NC(=NCc1ccccn1)NC(N)=S. The summed E-state index contributed by atoms with van der Waals surface area (Å²) < 4.78 is 0. The van der Waals surface area contributed by atoms with Gasteiger partial charge in [-0.3, -0.25) is 4.98 Å². The number of aromatic nitrogens is 1. The van der Waals surface area contributed by atoms with Gasteiger partial charge in [-0.25, -0.2) is 4.99 Å². The number of nitrogens with zero attached hydrogens (tertiary/aromatic N) is 2. The van der Waals surface area contributed by atoms with Crippen LogP contribution < -0.4 is 16.4 Å². The van der Waals surface area contributed by atoms with Crippen LogP contribution in [0.1, 0.15) is 19.5 Å². The predicted molar refractivity (Wildman–Crippen MR) is 73.6 cm³/mol. The summed E-state index contributed by atoms with van der Waals surface area (Å²) in [5.74, 6) is 0.568. The molecule has 0 bridgehead atoms. The Labute approximate surface area is 107 Å². The molecule has 92 valence electrons. The first-order valence-corrected chi connectivity index (χ1v) is 5.76. The van der Waals surface area contributed by atoms with E-state index in [9.17, 15) is 0 Å². The zero-order chi connectivity index (χ0) is 12.7. The molecule has 0 aromatic carbocycles. The van der Waals surface area contributed by atoms with Crippen LogP contribution in [0.25, 0.3) is 0 Å². The van der Waals surface area contributed by atoms with E-state index in [4.69, 9.17) is 18.0 Å². The summed E-state index contributed by atoms with van der Waals surface area (Å²) in [6, 6.07) is 5.96. The molecule has 0 unspecified atom stereocenters. The summed E-state index contributed by atoms with van der Waals surface area (Å²) in [6.45, 7) is 4.50. The van der Waals surface area contributed by atoms with E-state index in [1.54, 1.807) is 6.20 Å². The number of hydrogen-bond donors (Lipinski definition) is 3. The molecule has 4 N–H and O–H groups in total. The number of nitrogens with two attached hydrogens (primary N) is 1. The van der Waals surface area contributed by atoms with Crippen molar-refractivity contribution >= 4 is 23.3 Å². The smallest absolute Gasteiger partial charge is 0.198 e. The second-order valence-corrected chi connectivity index (χ2v) is 4.21. The summed E-state index contributed by atoms with van der Waals surface area (Å²) in [5.41, 5.74) is 6.31. The van der Waals surface area contributed by atoms with Crippen LogP contribution in [0.3, 0.4) is 0 Å². The third kappa shape index (κ3) is 5.82. The molecule has 0 saturated carbocycles. The van der Waals surface area contributed by atoms with Crippen LogP contribution in [0.15, 0.2) is 29.4 Å². The monoisotopic (exact) mass is 251 g/mol. The van der Waals surface area contributed by atoms with Gasteiger partial charge in [0.15, 0.2) is 11.1 Å². The summed E-state index contributed by atoms with van der Waals surface area (Å²) in [6.07, 6.45) is 1.74. The van der Waals surface area contributed by atoms with E-state index in [1.165, 1.54) is 0 Å². The highest BCUT2D eigenvalue weighted by Gasteiger charge is 2.01. The Morgan fingerprint density at radius 2 is 2.29 bits per heavy atom. The summed E-state index contributed by atoms with van der Waals surface area (Å²) in [4.78, 5) is 8.52. The molecule has 17 heavy (non-hydrogen) atoms. The van der Waals surface area contributed by atoms with Crippen LogP contribution in [0.5, 0.6) is 0 Å². The van der Waals surface area contributed by atoms with E-state index in [0.717, 1.165) is 5.69 Å². The first kappa shape index (κ1) is 13.4. The summed E-state index contributed by atoms with van der Waals surface area (Å²) in [5, 5.41) is 6.12. The number of nitrogens with one attached hydrogen (secondary N) is 2. The molecule has 0 spiro atoms. The predicted octanol–water partition coefficient (Wildman–Crippen LogP) is 0.769. The molecule has 0 aliphatic heterocycles. The van der Waals surface area contributed by atoms with Crippen LogP contribution in [0, 0.1) is 0 Å². The average molecular weight is 251 g/mol. The lowest BCUT2D eigenvalue weighted by atomic mass is 10.3. The lowest BCUT2D eigenvalue weighted by molar-refractivity contribution is 0.716. The van der Waals surface area contributed by atoms with E-state index in [2.05, 4.69) is 20.6 Å². The maximum Gasteiger partial charge on any atom is 0.198 e. The van der Waals surface area contributed by atoms with Crippen LogP contribution in [-0.4, -0.2) is 22.1 Å².